The van der Waals surface area contributed by atoms with Gasteiger partial charge in [0.25, 0.3) is 0 Å². The Balaban J connectivity index is 2.77. The standard InChI is InChI=1S/C10H17NS/c1-7(2)5-9-6-11-12-10(9)8(3)4/h6-8H,5H2,1-4H3. The third kappa shape index (κ3) is 2.31. The van der Waals surface area contributed by atoms with Gasteiger partial charge >= 0.3 is 0 Å². The Morgan fingerprint density at radius 1 is 1.33 bits per heavy atom. The van der Waals surface area contributed by atoms with Gasteiger partial charge in [0.05, 0.1) is 0 Å². The Morgan fingerprint density at radius 3 is 2.50 bits per heavy atom. The van der Waals surface area contributed by atoms with E-state index in [-0.39, 0.29) is 0 Å². The number of rotatable bonds is 3. The quantitative estimate of drug-likeness (QED) is 0.699. The summed E-state index contributed by atoms with van der Waals surface area (Å²) in [6, 6.07) is 0. The smallest absolute Gasteiger partial charge is 0.0442 e. The maximum atomic E-state index is 4.24. The van der Waals surface area contributed by atoms with Gasteiger partial charge in [0.2, 0.25) is 0 Å². The molecule has 0 amide bonds. The van der Waals surface area contributed by atoms with Crippen LogP contribution >= 0.6 is 11.5 Å². The van der Waals surface area contributed by atoms with Gasteiger partial charge in [0.15, 0.2) is 0 Å². The van der Waals surface area contributed by atoms with Gasteiger partial charge in [-0.2, -0.15) is 0 Å². The molecule has 1 aromatic heterocycles. The summed E-state index contributed by atoms with van der Waals surface area (Å²) in [5.41, 5.74) is 1.45. The van der Waals surface area contributed by atoms with E-state index in [2.05, 4.69) is 32.1 Å². The number of hydrogen-bond donors (Lipinski definition) is 0. The largest absolute Gasteiger partial charge is 0.201 e. The molecule has 0 unspecified atom stereocenters. The first-order chi connectivity index (χ1) is 5.61. The van der Waals surface area contributed by atoms with Crippen molar-refractivity contribution < 1.29 is 0 Å². The van der Waals surface area contributed by atoms with E-state index in [9.17, 15) is 0 Å². The Bertz CT molecular complexity index is 238. The first-order valence-corrected chi connectivity index (χ1v) is 5.32. The van der Waals surface area contributed by atoms with E-state index in [1.807, 2.05) is 6.20 Å². The molecule has 0 fully saturated rings. The monoisotopic (exact) mass is 183 g/mol. The van der Waals surface area contributed by atoms with E-state index >= 15 is 0 Å². The van der Waals surface area contributed by atoms with Crippen LogP contribution in [0.5, 0.6) is 0 Å². The number of aromatic nitrogens is 1. The van der Waals surface area contributed by atoms with E-state index in [4.69, 9.17) is 0 Å². The van der Waals surface area contributed by atoms with Crippen LogP contribution in [0.2, 0.25) is 0 Å². The first kappa shape index (κ1) is 9.72. The zero-order valence-electron chi connectivity index (χ0n) is 8.29. The molecular weight excluding hydrogens is 166 g/mol. The first-order valence-electron chi connectivity index (χ1n) is 4.54. The molecule has 0 bridgehead atoms. The van der Waals surface area contributed by atoms with E-state index in [0.717, 1.165) is 5.92 Å². The molecule has 0 aliphatic heterocycles. The highest BCUT2D eigenvalue weighted by Crippen LogP contribution is 2.25. The predicted octanol–water partition coefficient (Wildman–Crippen LogP) is 3.47. The fourth-order valence-corrected chi connectivity index (χ4v) is 2.10. The lowest BCUT2D eigenvalue weighted by molar-refractivity contribution is 0.641. The van der Waals surface area contributed by atoms with Gasteiger partial charge in [-0.3, -0.25) is 0 Å². The maximum absolute atomic E-state index is 4.24. The van der Waals surface area contributed by atoms with E-state index in [0.29, 0.717) is 5.92 Å². The summed E-state index contributed by atoms with van der Waals surface area (Å²) in [6.07, 6.45) is 3.20. The minimum atomic E-state index is 0.631. The van der Waals surface area contributed by atoms with Crippen molar-refractivity contribution in [2.75, 3.05) is 0 Å². The third-order valence-electron chi connectivity index (χ3n) is 1.83. The van der Waals surface area contributed by atoms with Crippen LogP contribution in [0, 0.1) is 5.92 Å². The van der Waals surface area contributed by atoms with Crippen LogP contribution in [0.3, 0.4) is 0 Å². The lowest BCUT2D eigenvalue weighted by atomic mass is 10.0. The summed E-state index contributed by atoms with van der Waals surface area (Å²) in [7, 11) is 0. The van der Waals surface area contributed by atoms with Gasteiger partial charge in [-0.25, -0.2) is 4.37 Å². The van der Waals surface area contributed by atoms with Crippen LogP contribution < -0.4 is 0 Å². The highest BCUT2D eigenvalue weighted by Gasteiger charge is 2.10. The number of nitrogens with zero attached hydrogens (tertiary/aromatic N) is 1. The second kappa shape index (κ2) is 4.04. The molecule has 0 N–H and O–H groups in total. The maximum Gasteiger partial charge on any atom is 0.0442 e. The molecule has 1 aromatic rings. The van der Waals surface area contributed by atoms with Crippen LogP contribution in [0.4, 0.5) is 0 Å². The Hall–Kier alpha value is -0.370. The number of hydrogen-bond acceptors (Lipinski definition) is 2. The summed E-state index contributed by atoms with van der Waals surface area (Å²) in [5, 5.41) is 0. The van der Waals surface area contributed by atoms with E-state index in [1.54, 1.807) is 11.5 Å². The molecule has 1 rings (SSSR count). The summed E-state index contributed by atoms with van der Waals surface area (Å²) in [6.45, 7) is 8.97. The average molecular weight is 183 g/mol. The zero-order valence-corrected chi connectivity index (χ0v) is 9.11. The van der Waals surface area contributed by atoms with Crippen molar-refractivity contribution in [3.05, 3.63) is 16.6 Å². The van der Waals surface area contributed by atoms with Crippen molar-refractivity contribution in [3.8, 4) is 0 Å². The second-order valence-corrected chi connectivity index (χ2v) is 4.80. The SMILES string of the molecule is CC(C)Cc1cnsc1C(C)C. The normalized spacial score (nSPS) is 11.5. The van der Waals surface area contributed by atoms with Crippen molar-refractivity contribution in [1.29, 1.82) is 0 Å². The Labute approximate surface area is 79.0 Å². The topological polar surface area (TPSA) is 12.9 Å². The van der Waals surface area contributed by atoms with E-state index in [1.165, 1.54) is 16.9 Å². The van der Waals surface area contributed by atoms with Gasteiger partial charge in [-0.1, -0.05) is 27.7 Å². The van der Waals surface area contributed by atoms with Crippen LogP contribution in [-0.2, 0) is 6.42 Å². The van der Waals surface area contributed by atoms with E-state index < -0.39 is 0 Å². The van der Waals surface area contributed by atoms with Gasteiger partial charge in [0, 0.05) is 11.1 Å². The van der Waals surface area contributed by atoms with Crippen molar-refractivity contribution >= 4 is 11.5 Å². The molecule has 0 aliphatic carbocycles. The van der Waals surface area contributed by atoms with Crippen molar-refractivity contribution in [2.24, 2.45) is 5.92 Å². The summed E-state index contributed by atoms with van der Waals surface area (Å²) in [4.78, 5) is 1.46. The van der Waals surface area contributed by atoms with Gasteiger partial charge in [0.1, 0.15) is 0 Å². The molecular formula is C10H17NS. The molecule has 0 aromatic carbocycles. The average Bonchev–Trinajstić information content (AvgIpc) is 2.33. The fraction of sp³-hybridized carbons (Fsp3) is 0.700. The fourth-order valence-electron chi connectivity index (χ4n) is 1.34. The molecule has 0 aliphatic rings. The summed E-state index contributed by atoms with van der Waals surface area (Å²) < 4.78 is 4.24. The Kier molecular flexibility index (Phi) is 3.27. The van der Waals surface area contributed by atoms with Crippen molar-refractivity contribution in [1.82, 2.24) is 4.37 Å². The minimum absolute atomic E-state index is 0.631. The molecule has 1 heterocycles. The lowest BCUT2D eigenvalue weighted by Crippen LogP contribution is -1.96. The molecule has 2 heteroatoms. The molecule has 0 spiro atoms. The molecule has 0 saturated carbocycles. The molecule has 0 atom stereocenters. The highest BCUT2D eigenvalue weighted by molar-refractivity contribution is 7.06. The van der Waals surface area contributed by atoms with Crippen molar-refractivity contribution in [2.45, 2.75) is 40.0 Å². The molecule has 12 heavy (non-hydrogen) atoms. The summed E-state index contributed by atoms with van der Waals surface area (Å²) in [5.74, 6) is 1.37. The van der Waals surface area contributed by atoms with Crippen LogP contribution in [0.1, 0.15) is 44.1 Å². The molecule has 1 nitrogen and oxygen atoms in total. The Morgan fingerprint density at radius 2 is 2.00 bits per heavy atom. The van der Waals surface area contributed by atoms with Gasteiger partial charge in [-0.05, 0) is 35.4 Å². The second-order valence-electron chi connectivity index (χ2n) is 3.97. The zero-order chi connectivity index (χ0) is 9.14. The van der Waals surface area contributed by atoms with Crippen LogP contribution in [0.25, 0.3) is 0 Å². The molecule has 0 saturated heterocycles. The van der Waals surface area contributed by atoms with Gasteiger partial charge in [-0.15, -0.1) is 0 Å². The predicted molar refractivity (Wildman–Crippen MR) is 54.7 cm³/mol. The van der Waals surface area contributed by atoms with Gasteiger partial charge < -0.3 is 0 Å². The third-order valence-corrected chi connectivity index (χ3v) is 2.97. The molecule has 0 radical (unpaired) electrons. The van der Waals surface area contributed by atoms with Crippen LogP contribution in [-0.4, -0.2) is 4.37 Å². The van der Waals surface area contributed by atoms with Crippen LogP contribution in [0.15, 0.2) is 6.20 Å². The summed E-state index contributed by atoms with van der Waals surface area (Å²) >= 11 is 1.65. The lowest BCUT2D eigenvalue weighted by Gasteiger charge is -2.07. The minimum Gasteiger partial charge on any atom is -0.201 e. The highest BCUT2D eigenvalue weighted by atomic mass is 32.1. The molecule has 68 valence electrons. The van der Waals surface area contributed by atoms with Crippen molar-refractivity contribution in [3.63, 3.8) is 0 Å².